The molecule has 2 nitrogen and oxygen atoms in total. The third-order valence-electron chi connectivity index (χ3n) is 3.32. The number of carbonyl (C=O) groups excluding carboxylic acids is 1. The molecule has 1 aliphatic carbocycles. The minimum atomic E-state index is 0.275. The van der Waals surface area contributed by atoms with Crippen LogP contribution < -0.4 is 0 Å². The zero-order valence-electron chi connectivity index (χ0n) is 8.11. The van der Waals surface area contributed by atoms with Crippen molar-refractivity contribution in [3.8, 4) is 0 Å². The Labute approximate surface area is 97.2 Å². The minimum absolute atomic E-state index is 0.275. The molecule has 1 saturated carbocycles. The zero-order valence-corrected chi connectivity index (χ0v) is 9.68. The summed E-state index contributed by atoms with van der Waals surface area (Å²) in [5.74, 6) is 1.68. The van der Waals surface area contributed by atoms with Crippen molar-refractivity contribution in [3.63, 3.8) is 0 Å². The number of ether oxygens (including phenoxy) is 1. The fourth-order valence-corrected chi connectivity index (χ4v) is 3.38. The van der Waals surface area contributed by atoms with Crippen molar-refractivity contribution in [2.45, 2.75) is 6.42 Å². The highest BCUT2D eigenvalue weighted by molar-refractivity contribution is 7.14. The van der Waals surface area contributed by atoms with Gasteiger partial charge in [-0.3, -0.25) is 4.79 Å². The second kappa shape index (κ2) is 3.58. The maximum atomic E-state index is 11.9. The van der Waals surface area contributed by atoms with Gasteiger partial charge in [-0.15, -0.1) is 11.3 Å². The summed E-state index contributed by atoms with van der Waals surface area (Å²) >= 11 is 7.31. The normalized spacial score (nSPS) is 32.7. The predicted molar refractivity (Wildman–Crippen MR) is 59.3 cm³/mol. The Bertz CT molecular complexity index is 391. The van der Waals surface area contributed by atoms with Crippen LogP contribution in [0.5, 0.6) is 0 Å². The lowest BCUT2D eigenvalue weighted by Gasteiger charge is -2.01. The summed E-state index contributed by atoms with van der Waals surface area (Å²) in [5, 5.41) is 1.97. The molecule has 0 aromatic carbocycles. The molecule has 2 heterocycles. The van der Waals surface area contributed by atoms with E-state index in [-0.39, 0.29) is 5.92 Å². The van der Waals surface area contributed by atoms with E-state index in [2.05, 4.69) is 0 Å². The lowest BCUT2D eigenvalue weighted by molar-refractivity contribution is -0.120. The Balaban J connectivity index is 1.63. The van der Waals surface area contributed by atoms with Gasteiger partial charge in [-0.2, -0.15) is 0 Å². The van der Waals surface area contributed by atoms with E-state index in [1.54, 1.807) is 0 Å². The number of carbonyl (C=O) groups is 1. The summed E-state index contributed by atoms with van der Waals surface area (Å²) in [4.78, 5) is 11.9. The largest absolute Gasteiger partial charge is 0.381 e. The number of thiophene rings is 1. The quantitative estimate of drug-likeness (QED) is 0.814. The second-order valence-corrected chi connectivity index (χ2v) is 5.84. The summed E-state index contributed by atoms with van der Waals surface area (Å²) in [5.41, 5.74) is 1.06. The molecule has 2 unspecified atom stereocenters. The third-order valence-corrected chi connectivity index (χ3v) is 4.46. The molecule has 0 amide bonds. The van der Waals surface area contributed by atoms with Gasteiger partial charge in [-0.05, 0) is 28.8 Å². The molecule has 0 radical (unpaired) electrons. The first-order valence-electron chi connectivity index (χ1n) is 5.09. The average Bonchev–Trinajstić information content (AvgIpc) is 2.60. The van der Waals surface area contributed by atoms with E-state index in [9.17, 15) is 4.79 Å². The van der Waals surface area contributed by atoms with Crippen molar-refractivity contribution in [1.29, 1.82) is 0 Å². The van der Waals surface area contributed by atoms with E-state index in [0.29, 0.717) is 24.0 Å². The summed E-state index contributed by atoms with van der Waals surface area (Å²) in [6.07, 6.45) is 0.543. The molecule has 2 atom stereocenters. The zero-order chi connectivity index (χ0) is 10.4. The molecule has 0 N–H and O–H groups in total. The molecule has 1 aliphatic heterocycles. The number of fused-ring (bicyclic) bond motifs is 1. The topological polar surface area (TPSA) is 26.3 Å². The first kappa shape index (κ1) is 9.82. The van der Waals surface area contributed by atoms with E-state index in [1.807, 2.05) is 11.4 Å². The monoisotopic (exact) mass is 242 g/mol. The van der Waals surface area contributed by atoms with Crippen molar-refractivity contribution in [2.24, 2.45) is 17.8 Å². The van der Waals surface area contributed by atoms with Gasteiger partial charge in [0.15, 0.2) is 0 Å². The lowest BCUT2D eigenvalue weighted by Crippen LogP contribution is -2.11. The van der Waals surface area contributed by atoms with Crippen LogP contribution in [-0.4, -0.2) is 19.0 Å². The molecule has 3 rings (SSSR count). The molecule has 15 heavy (non-hydrogen) atoms. The lowest BCUT2D eigenvalue weighted by atomic mass is 10.1. The first-order valence-corrected chi connectivity index (χ1v) is 6.35. The van der Waals surface area contributed by atoms with Crippen molar-refractivity contribution >= 4 is 28.7 Å². The van der Waals surface area contributed by atoms with Gasteiger partial charge in [-0.1, -0.05) is 11.6 Å². The van der Waals surface area contributed by atoms with Gasteiger partial charge in [-0.25, -0.2) is 0 Å². The van der Waals surface area contributed by atoms with Gasteiger partial charge in [0.2, 0.25) is 0 Å². The van der Waals surface area contributed by atoms with E-state index < -0.39 is 0 Å². The highest BCUT2D eigenvalue weighted by atomic mass is 35.5. The van der Waals surface area contributed by atoms with Crippen molar-refractivity contribution < 1.29 is 9.53 Å². The van der Waals surface area contributed by atoms with Crippen LogP contribution in [-0.2, 0) is 16.0 Å². The Kier molecular flexibility index (Phi) is 2.34. The summed E-state index contributed by atoms with van der Waals surface area (Å²) < 4.78 is 6.03. The summed E-state index contributed by atoms with van der Waals surface area (Å²) in [6, 6.07) is 1.89. The predicted octanol–water partition coefficient (Wildman–Crippen LogP) is 2.41. The average molecular weight is 243 g/mol. The number of rotatable bonds is 3. The molecule has 2 fully saturated rings. The van der Waals surface area contributed by atoms with E-state index in [4.69, 9.17) is 16.3 Å². The second-order valence-electron chi connectivity index (χ2n) is 4.29. The first-order chi connectivity index (χ1) is 7.25. The molecule has 1 aromatic heterocycles. The number of hydrogen-bond donors (Lipinski definition) is 0. The maximum absolute atomic E-state index is 11.9. The smallest absolute Gasteiger partial charge is 0.141 e. The standard InChI is InChI=1S/C11H11ClO2S/c12-10-2-6(5-15-10)1-9(13)11-7-3-14-4-8(7)11/h2,5,7-8,11H,1,3-4H2. The molecule has 2 aliphatic rings. The number of halogens is 1. The molecule has 4 heteroatoms. The minimum Gasteiger partial charge on any atom is -0.381 e. The van der Waals surface area contributed by atoms with Crippen LogP contribution >= 0.6 is 22.9 Å². The Morgan fingerprint density at radius 3 is 2.87 bits per heavy atom. The van der Waals surface area contributed by atoms with Crippen LogP contribution in [0.25, 0.3) is 0 Å². The van der Waals surface area contributed by atoms with Crippen molar-refractivity contribution in [2.75, 3.05) is 13.2 Å². The van der Waals surface area contributed by atoms with Crippen molar-refractivity contribution in [3.05, 3.63) is 21.3 Å². The third kappa shape index (κ3) is 1.73. The molecular weight excluding hydrogens is 232 g/mol. The highest BCUT2D eigenvalue weighted by Crippen LogP contribution is 2.51. The molecule has 1 aromatic rings. The van der Waals surface area contributed by atoms with Gasteiger partial charge >= 0.3 is 0 Å². The van der Waals surface area contributed by atoms with Crippen LogP contribution in [0.4, 0.5) is 0 Å². The Morgan fingerprint density at radius 2 is 2.27 bits per heavy atom. The van der Waals surface area contributed by atoms with Crippen LogP contribution in [0.15, 0.2) is 11.4 Å². The SMILES string of the molecule is O=C(Cc1csc(Cl)c1)C1C2COCC21. The van der Waals surface area contributed by atoms with Gasteiger partial charge in [0.05, 0.1) is 17.6 Å². The summed E-state index contributed by atoms with van der Waals surface area (Å²) in [6.45, 7) is 1.57. The van der Waals surface area contributed by atoms with Gasteiger partial charge in [0.1, 0.15) is 5.78 Å². The fraction of sp³-hybridized carbons (Fsp3) is 0.545. The van der Waals surface area contributed by atoms with Gasteiger partial charge in [0, 0.05) is 12.3 Å². The number of hydrogen-bond acceptors (Lipinski definition) is 3. The maximum Gasteiger partial charge on any atom is 0.141 e. The van der Waals surface area contributed by atoms with Gasteiger partial charge < -0.3 is 4.74 Å². The number of ketones is 1. The molecule has 1 saturated heterocycles. The van der Waals surface area contributed by atoms with Crippen LogP contribution in [0.3, 0.4) is 0 Å². The Morgan fingerprint density at radius 1 is 1.53 bits per heavy atom. The van der Waals surface area contributed by atoms with E-state index >= 15 is 0 Å². The van der Waals surface area contributed by atoms with Crippen LogP contribution in [0.1, 0.15) is 5.56 Å². The number of Topliss-reactive ketones (excluding diaryl/α,β-unsaturated/α-hetero) is 1. The fourth-order valence-electron chi connectivity index (χ4n) is 2.47. The molecule has 0 bridgehead atoms. The molecule has 80 valence electrons. The van der Waals surface area contributed by atoms with E-state index in [1.165, 1.54) is 11.3 Å². The van der Waals surface area contributed by atoms with Crippen LogP contribution in [0, 0.1) is 17.8 Å². The summed E-state index contributed by atoms with van der Waals surface area (Å²) in [7, 11) is 0. The van der Waals surface area contributed by atoms with Gasteiger partial charge in [0.25, 0.3) is 0 Å². The van der Waals surface area contributed by atoms with Crippen LogP contribution in [0.2, 0.25) is 4.34 Å². The van der Waals surface area contributed by atoms with Crippen molar-refractivity contribution in [1.82, 2.24) is 0 Å². The molecule has 0 spiro atoms. The van der Waals surface area contributed by atoms with E-state index in [0.717, 1.165) is 23.1 Å². The highest BCUT2D eigenvalue weighted by Gasteiger charge is 2.57. The Hall–Kier alpha value is -0.380. The molecular formula is C11H11ClO2S.